The maximum Gasteiger partial charge on any atom is 0.0951 e. The Bertz CT molecular complexity index is 59.1. The average Bonchev–Trinajstić information content (AvgIpc) is 1.68. The van der Waals surface area contributed by atoms with E-state index in [1.54, 1.807) is 0 Å². The van der Waals surface area contributed by atoms with Crippen LogP contribution in [0.3, 0.4) is 0 Å². The van der Waals surface area contributed by atoms with Crippen LogP contribution in [0.4, 0.5) is 0 Å². The van der Waals surface area contributed by atoms with E-state index < -0.39 is 6.10 Å². The van der Waals surface area contributed by atoms with Crippen molar-refractivity contribution < 1.29 is 10.2 Å². The van der Waals surface area contributed by atoms with Crippen LogP contribution < -0.4 is 0 Å². The van der Waals surface area contributed by atoms with Gasteiger partial charge in [0, 0.05) is 0 Å². The largest absolute Gasteiger partial charge is 0.393 e. The van der Waals surface area contributed by atoms with Crippen LogP contribution in [-0.4, -0.2) is 22.9 Å². The smallest absolute Gasteiger partial charge is 0.0951 e. The van der Waals surface area contributed by atoms with Crippen molar-refractivity contribution in [1.29, 1.82) is 0 Å². The molecular weight excluding hydrogens is 92.1 g/mol. The van der Waals surface area contributed by atoms with Gasteiger partial charge in [-0.2, -0.15) is 0 Å². The second kappa shape index (κ2) is 3.84. The number of aliphatic hydroxyl groups is 2. The van der Waals surface area contributed by atoms with Crippen molar-refractivity contribution in [2.75, 3.05) is 6.61 Å². The minimum Gasteiger partial charge on any atom is -0.393 e. The molecule has 0 aliphatic heterocycles. The topological polar surface area (TPSA) is 40.5 Å². The summed E-state index contributed by atoms with van der Waals surface area (Å²) in [5, 5.41) is 16.6. The molecule has 7 heavy (non-hydrogen) atoms. The first-order valence-electron chi connectivity index (χ1n) is 2.06. The molecule has 0 aromatic rings. The summed E-state index contributed by atoms with van der Waals surface area (Å²) in [6.45, 7) is 3.09. The third kappa shape index (κ3) is 3.49. The van der Waals surface area contributed by atoms with E-state index in [0.29, 0.717) is 0 Å². The summed E-state index contributed by atoms with van der Waals surface area (Å²) in [5.74, 6) is 0. The molecule has 0 spiro atoms. The fraction of sp³-hybridized carbons (Fsp3) is 0.400. The van der Waals surface area contributed by atoms with Gasteiger partial charge in [0.25, 0.3) is 0 Å². The van der Waals surface area contributed by atoms with E-state index in [1.165, 1.54) is 12.2 Å². The molecule has 1 radical (unpaired) electrons. The summed E-state index contributed by atoms with van der Waals surface area (Å²) >= 11 is 0. The lowest BCUT2D eigenvalue weighted by atomic mass is 10.3. The van der Waals surface area contributed by atoms with Crippen LogP contribution in [0.15, 0.2) is 12.2 Å². The lowest BCUT2D eigenvalue weighted by molar-refractivity contribution is 0.131. The normalized spacial score (nSPS) is 15.3. The number of allylic oxidation sites excluding steroid dienone is 1. The summed E-state index contributed by atoms with van der Waals surface area (Å²) in [7, 11) is 0. The monoisotopic (exact) mass is 101 g/mol. The van der Waals surface area contributed by atoms with Gasteiger partial charge < -0.3 is 10.2 Å². The molecule has 0 aliphatic carbocycles. The van der Waals surface area contributed by atoms with Crippen LogP contribution in [0.5, 0.6) is 0 Å². The van der Waals surface area contributed by atoms with Crippen molar-refractivity contribution in [2.45, 2.75) is 6.10 Å². The molecule has 0 saturated heterocycles. The summed E-state index contributed by atoms with van der Waals surface area (Å²) in [6.07, 6.45) is 2.12. The van der Waals surface area contributed by atoms with Gasteiger partial charge in [0.2, 0.25) is 0 Å². The Kier molecular flexibility index (Phi) is 3.65. The zero-order valence-electron chi connectivity index (χ0n) is 4.04. The van der Waals surface area contributed by atoms with Crippen LogP contribution in [0.25, 0.3) is 0 Å². The van der Waals surface area contributed by atoms with Crippen LogP contribution in [0, 0.1) is 6.92 Å². The fourth-order valence-electron chi connectivity index (χ4n) is 0.218. The second-order valence-electron chi connectivity index (χ2n) is 1.18. The minimum atomic E-state index is -0.738. The molecule has 0 heterocycles. The van der Waals surface area contributed by atoms with E-state index in [1.807, 2.05) is 0 Å². The zero-order chi connectivity index (χ0) is 5.70. The second-order valence-corrected chi connectivity index (χ2v) is 1.18. The minimum absolute atomic E-state index is 0.230. The van der Waals surface area contributed by atoms with Crippen molar-refractivity contribution in [3.8, 4) is 0 Å². The van der Waals surface area contributed by atoms with Gasteiger partial charge in [0.05, 0.1) is 12.7 Å². The first-order chi connectivity index (χ1) is 3.31. The summed E-state index contributed by atoms with van der Waals surface area (Å²) in [5.41, 5.74) is 0. The van der Waals surface area contributed by atoms with Crippen molar-refractivity contribution >= 4 is 0 Å². The van der Waals surface area contributed by atoms with Gasteiger partial charge in [-0.15, -0.1) is 0 Å². The van der Waals surface area contributed by atoms with Crippen molar-refractivity contribution in [1.82, 2.24) is 0 Å². The van der Waals surface area contributed by atoms with Gasteiger partial charge >= 0.3 is 0 Å². The molecule has 0 aromatic heterocycles. The highest BCUT2D eigenvalue weighted by molar-refractivity contribution is 4.89. The van der Waals surface area contributed by atoms with Crippen LogP contribution in [0.2, 0.25) is 0 Å². The van der Waals surface area contributed by atoms with Crippen LogP contribution in [0.1, 0.15) is 0 Å². The first-order valence-corrected chi connectivity index (χ1v) is 2.06. The fourth-order valence-corrected chi connectivity index (χ4v) is 0.218. The highest BCUT2D eigenvalue weighted by Crippen LogP contribution is 1.80. The highest BCUT2D eigenvalue weighted by Gasteiger charge is 1.89. The number of rotatable bonds is 2. The predicted molar refractivity (Wildman–Crippen MR) is 27.6 cm³/mol. The SMILES string of the molecule is [CH2]/C=C/C(O)CO. The molecular formula is C5H9O2. The lowest BCUT2D eigenvalue weighted by Crippen LogP contribution is -2.06. The number of aliphatic hydroxyl groups excluding tert-OH is 2. The summed E-state index contributed by atoms with van der Waals surface area (Å²) in [6, 6.07) is 0. The molecule has 0 bridgehead atoms. The van der Waals surface area contributed by atoms with Gasteiger partial charge in [0.1, 0.15) is 0 Å². The molecule has 2 nitrogen and oxygen atoms in total. The Balaban J connectivity index is 3.16. The van der Waals surface area contributed by atoms with Gasteiger partial charge in [-0.25, -0.2) is 0 Å². The van der Waals surface area contributed by atoms with Gasteiger partial charge in [0.15, 0.2) is 0 Å². The number of hydrogen-bond donors (Lipinski definition) is 2. The maximum absolute atomic E-state index is 8.48. The van der Waals surface area contributed by atoms with E-state index in [0.717, 1.165) is 0 Å². The first kappa shape index (κ1) is 6.66. The van der Waals surface area contributed by atoms with E-state index in [2.05, 4.69) is 6.92 Å². The standard InChI is InChI=1S/C5H9O2/c1-2-3-5(7)4-6/h2-3,5-7H,1,4H2/b3-2+. The molecule has 2 N–H and O–H groups in total. The molecule has 0 saturated carbocycles. The Morgan fingerprint density at radius 2 is 2.29 bits per heavy atom. The molecule has 1 atom stereocenters. The van der Waals surface area contributed by atoms with Crippen molar-refractivity contribution in [3.05, 3.63) is 19.1 Å². The van der Waals surface area contributed by atoms with Crippen molar-refractivity contribution in [2.24, 2.45) is 0 Å². The van der Waals surface area contributed by atoms with Gasteiger partial charge in [-0.1, -0.05) is 12.2 Å². The molecule has 0 fully saturated rings. The highest BCUT2D eigenvalue weighted by atomic mass is 16.3. The summed E-state index contributed by atoms with van der Waals surface area (Å²) in [4.78, 5) is 0. The summed E-state index contributed by atoms with van der Waals surface area (Å²) < 4.78 is 0. The predicted octanol–water partition coefficient (Wildman–Crippen LogP) is -0.270. The van der Waals surface area contributed by atoms with Crippen LogP contribution >= 0.6 is 0 Å². The van der Waals surface area contributed by atoms with Crippen molar-refractivity contribution in [3.63, 3.8) is 0 Å². The quantitative estimate of drug-likeness (QED) is 0.502. The molecule has 0 aliphatic rings. The molecule has 0 aromatic carbocycles. The molecule has 1 unspecified atom stereocenters. The molecule has 0 rings (SSSR count). The molecule has 0 amide bonds. The maximum atomic E-state index is 8.48. The Hall–Kier alpha value is -0.340. The third-order valence-electron chi connectivity index (χ3n) is 0.545. The lowest BCUT2D eigenvalue weighted by Gasteiger charge is -1.94. The Labute approximate surface area is 43.1 Å². The van der Waals surface area contributed by atoms with E-state index in [4.69, 9.17) is 10.2 Å². The van der Waals surface area contributed by atoms with E-state index in [9.17, 15) is 0 Å². The van der Waals surface area contributed by atoms with E-state index >= 15 is 0 Å². The van der Waals surface area contributed by atoms with Gasteiger partial charge in [-0.05, 0) is 6.92 Å². The van der Waals surface area contributed by atoms with E-state index in [-0.39, 0.29) is 6.61 Å². The molecule has 41 valence electrons. The molecule has 2 heteroatoms. The zero-order valence-corrected chi connectivity index (χ0v) is 4.04. The average molecular weight is 101 g/mol. The Morgan fingerprint density at radius 3 is 2.43 bits per heavy atom. The van der Waals surface area contributed by atoms with Crippen LogP contribution in [-0.2, 0) is 0 Å². The third-order valence-corrected chi connectivity index (χ3v) is 0.545. The van der Waals surface area contributed by atoms with Gasteiger partial charge in [-0.3, -0.25) is 0 Å². The Morgan fingerprint density at radius 1 is 1.71 bits per heavy atom. The number of hydrogen-bond acceptors (Lipinski definition) is 2.